The van der Waals surface area contributed by atoms with Crippen LogP contribution in [0.25, 0.3) is 55.7 Å². The Balaban J connectivity index is 1.19. The molecule has 0 unspecified atom stereocenters. The lowest BCUT2D eigenvalue weighted by Crippen LogP contribution is -1.93. The maximum Gasteiger partial charge on any atom is 0.136 e. The first-order chi connectivity index (χ1) is 17.3. The Hall–Kier alpha value is -4.76. The molecule has 0 fully saturated rings. The van der Waals surface area contributed by atoms with E-state index in [0.717, 1.165) is 67.1 Å². The first-order valence-electron chi connectivity index (χ1n) is 11.7. The van der Waals surface area contributed by atoms with Crippen molar-refractivity contribution in [3.05, 3.63) is 121 Å². The van der Waals surface area contributed by atoms with Crippen LogP contribution in [0.3, 0.4) is 0 Å². The Morgan fingerprint density at radius 3 is 2.17 bits per heavy atom. The summed E-state index contributed by atoms with van der Waals surface area (Å²) in [4.78, 5) is 0. The number of para-hydroxylation sites is 2. The van der Waals surface area contributed by atoms with Crippen LogP contribution in [0.4, 0.5) is 11.4 Å². The molecule has 1 aliphatic heterocycles. The number of furan rings is 1. The highest BCUT2D eigenvalue weighted by Gasteiger charge is 2.12. The van der Waals surface area contributed by atoms with Gasteiger partial charge in [-0.3, -0.25) is 0 Å². The molecule has 0 amide bonds. The number of nitrogens with one attached hydrogen (secondary N) is 1. The van der Waals surface area contributed by atoms with Gasteiger partial charge in [-0.15, -0.1) is 0 Å². The molecule has 5 aromatic rings. The highest BCUT2D eigenvalue weighted by Crippen LogP contribution is 2.36. The van der Waals surface area contributed by atoms with Crippen molar-refractivity contribution in [3.8, 4) is 33.8 Å². The van der Waals surface area contributed by atoms with Gasteiger partial charge in [0, 0.05) is 33.3 Å². The van der Waals surface area contributed by atoms with Crippen LogP contribution in [-0.4, -0.2) is 0 Å². The Bertz CT molecular complexity index is 1770. The van der Waals surface area contributed by atoms with Gasteiger partial charge >= 0.3 is 0 Å². The molecule has 1 aromatic heterocycles. The standard InChI is InChI=1S/C32H21NO2/c1-3-9-28(27(8-1)31-19-15-22-6-5-11-29(22)34-31)33-24-16-12-21(13-17-24)23-14-18-26-25-7-2-4-10-30(25)35-32(26)20-23/h1-20,33H. The summed E-state index contributed by atoms with van der Waals surface area (Å²) in [6, 6.07) is 41.5. The molecule has 35 heavy (non-hydrogen) atoms. The van der Waals surface area contributed by atoms with E-state index in [1.165, 1.54) is 0 Å². The molecule has 2 heterocycles. The molecule has 0 spiro atoms. The van der Waals surface area contributed by atoms with Crippen LogP contribution in [-0.2, 0) is 0 Å². The van der Waals surface area contributed by atoms with Gasteiger partial charge in [0.25, 0.3) is 0 Å². The Morgan fingerprint density at radius 1 is 0.457 bits per heavy atom. The van der Waals surface area contributed by atoms with Crippen LogP contribution in [0.15, 0.2) is 130 Å². The van der Waals surface area contributed by atoms with Crippen molar-refractivity contribution in [2.45, 2.75) is 0 Å². The highest BCUT2D eigenvalue weighted by atomic mass is 16.3. The SMILES string of the molecule is c1cc2ccc(-c3ccccc3Nc3ccc(-c4ccc5c(c4)oc4ccccc45)cc3)oc-2c1. The van der Waals surface area contributed by atoms with Crippen molar-refractivity contribution < 1.29 is 8.83 Å². The van der Waals surface area contributed by atoms with E-state index in [9.17, 15) is 0 Å². The minimum atomic E-state index is 0.836. The average molecular weight is 452 g/mol. The molecule has 1 N–H and O–H groups in total. The van der Waals surface area contributed by atoms with Crippen molar-refractivity contribution in [2.24, 2.45) is 0 Å². The molecule has 166 valence electrons. The van der Waals surface area contributed by atoms with E-state index in [1.807, 2.05) is 48.5 Å². The van der Waals surface area contributed by atoms with Crippen molar-refractivity contribution in [2.75, 3.05) is 5.32 Å². The molecular weight excluding hydrogens is 430 g/mol. The van der Waals surface area contributed by atoms with Gasteiger partial charge in [-0.05, 0) is 71.8 Å². The highest BCUT2D eigenvalue weighted by molar-refractivity contribution is 6.05. The fourth-order valence-electron chi connectivity index (χ4n) is 4.72. The second kappa shape index (κ2) is 7.93. The molecule has 2 aliphatic rings. The Labute approximate surface area is 202 Å². The predicted molar refractivity (Wildman–Crippen MR) is 143 cm³/mol. The number of anilines is 2. The van der Waals surface area contributed by atoms with Gasteiger partial charge in [-0.2, -0.15) is 0 Å². The van der Waals surface area contributed by atoms with Crippen molar-refractivity contribution >= 4 is 33.3 Å². The van der Waals surface area contributed by atoms with E-state index in [4.69, 9.17) is 8.83 Å². The summed E-state index contributed by atoms with van der Waals surface area (Å²) in [6.45, 7) is 0. The second-order valence-corrected chi connectivity index (χ2v) is 8.70. The van der Waals surface area contributed by atoms with Gasteiger partial charge < -0.3 is 14.2 Å². The van der Waals surface area contributed by atoms with E-state index in [1.54, 1.807) is 0 Å². The van der Waals surface area contributed by atoms with Gasteiger partial charge in [0.15, 0.2) is 0 Å². The smallest absolute Gasteiger partial charge is 0.136 e. The summed E-state index contributed by atoms with van der Waals surface area (Å²) in [7, 11) is 0. The molecule has 0 saturated carbocycles. The van der Waals surface area contributed by atoms with Crippen LogP contribution in [0.5, 0.6) is 0 Å². The summed E-state index contributed by atoms with van der Waals surface area (Å²) in [6.07, 6.45) is 0. The summed E-state index contributed by atoms with van der Waals surface area (Å²) in [5.74, 6) is 1.73. The molecule has 0 radical (unpaired) electrons. The quantitative estimate of drug-likeness (QED) is 0.290. The van der Waals surface area contributed by atoms with Gasteiger partial charge in [-0.25, -0.2) is 0 Å². The zero-order valence-corrected chi connectivity index (χ0v) is 18.9. The number of rotatable bonds is 4. The monoisotopic (exact) mass is 451 g/mol. The molecule has 0 saturated heterocycles. The van der Waals surface area contributed by atoms with Crippen molar-refractivity contribution in [1.82, 2.24) is 0 Å². The number of hydrogen-bond donors (Lipinski definition) is 1. The summed E-state index contributed by atoms with van der Waals surface area (Å²) in [5, 5.41) is 5.85. The van der Waals surface area contributed by atoms with Crippen LogP contribution in [0, 0.1) is 0 Å². The minimum Gasteiger partial charge on any atom is -0.456 e. The lowest BCUT2D eigenvalue weighted by Gasteiger charge is -2.13. The molecule has 0 bridgehead atoms. The van der Waals surface area contributed by atoms with E-state index >= 15 is 0 Å². The third-order valence-electron chi connectivity index (χ3n) is 6.51. The van der Waals surface area contributed by atoms with Gasteiger partial charge in [0.05, 0.1) is 0 Å². The Morgan fingerprint density at radius 2 is 1.23 bits per heavy atom. The van der Waals surface area contributed by atoms with Gasteiger partial charge in [0.2, 0.25) is 0 Å². The summed E-state index contributed by atoms with van der Waals surface area (Å²) < 4.78 is 12.2. The maximum absolute atomic E-state index is 6.15. The topological polar surface area (TPSA) is 38.3 Å². The zero-order chi connectivity index (χ0) is 23.2. The van der Waals surface area contributed by atoms with E-state index in [-0.39, 0.29) is 0 Å². The predicted octanol–water partition coefficient (Wildman–Crippen LogP) is 9.36. The number of benzene rings is 4. The Kier molecular flexibility index (Phi) is 4.46. The molecule has 1 aliphatic carbocycles. The number of fused-ring (bicyclic) bond motifs is 4. The van der Waals surface area contributed by atoms with Crippen molar-refractivity contribution in [1.29, 1.82) is 0 Å². The lowest BCUT2D eigenvalue weighted by atomic mass is 10.0. The zero-order valence-electron chi connectivity index (χ0n) is 18.9. The summed E-state index contributed by atoms with van der Waals surface area (Å²) >= 11 is 0. The molecule has 4 aromatic carbocycles. The minimum absolute atomic E-state index is 0.836. The number of hydrogen-bond acceptors (Lipinski definition) is 3. The van der Waals surface area contributed by atoms with Crippen LogP contribution in [0.2, 0.25) is 0 Å². The second-order valence-electron chi connectivity index (χ2n) is 8.70. The van der Waals surface area contributed by atoms with Crippen LogP contribution >= 0.6 is 0 Å². The molecular formula is C32H21NO2. The third-order valence-corrected chi connectivity index (χ3v) is 6.51. The average Bonchev–Trinajstić information content (AvgIpc) is 3.53. The maximum atomic E-state index is 6.15. The van der Waals surface area contributed by atoms with E-state index in [2.05, 4.69) is 78.1 Å². The largest absolute Gasteiger partial charge is 0.456 e. The lowest BCUT2D eigenvalue weighted by molar-refractivity contribution is 0.583. The van der Waals surface area contributed by atoms with E-state index < -0.39 is 0 Å². The fourth-order valence-corrected chi connectivity index (χ4v) is 4.72. The molecule has 3 heteroatoms. The van der Waals surface area contributed by atoms with Crippen LogP contribution in [0.1, 0.15) is 0 Å². The molecule has 7 rings (SSSR count). The van der Waals surface area contributed by atoms with Gasteiger partial charge in [-0.1, -0.05) is 60.7 Å². The van der Waals surface area contributed by atoms with Crippen LogP contribution < -0.4 is 5.32 Å². The molecule has 0 atom stereocenters. The van der Waals surface area contributed by atoms with Crippen molar-refractivity contribution in [3.63, 3.8) is 0 Å². The normalized spacial score (nSPS) is 11.4. The van der Waals surface area contributed by atoms with E-state index in [0.29, 0.717) is 0 Å². The first-order valence-corrected chi connectivity index (χ1v) is 11.7. The first kappa shape index (κ1) is 19.7. The third kappa shape index (κ3) is 3.46. The summed E-state index contributed by atoms with van der Waals surface area (Å²) in [5.41, 5.74) is 8.24. The van der Waals surface area contributed by atoms with Gasteiger partial charge in [0.1, 0.15) is 22.7 Å². The molecule has 3 nitrogen and oxygen atoms in total. The fraction of sp³-hybridized carbons (Fsp3) is 0.